The van der Waals surface area contributed by atoms with E-state index < -0.39 is 0 Å². The molecule has 1 saturated heterocycles. The number of aliphatic hydroxyl groups is 1. The smallest absolute Gasteiger partial charge is 0.0718 e. The third kappa shape index (κ3) is 6.21. The Bertz CT molecular complexity index is 216. The molecule has 1 aliphatic heterocycles. The van der Waals surface area contributed by atoms with E-state index >= 15 is 0 Å². The molecule has 1 fully saturated rings. The van der Waals surface area contributed by atoms with Crippen molar-refractivity contribution in [3.05, 3.63) is 0 Å². The summed E-state index contributed by atoms with van der Waals surface area (Å²) in [4.78, 5) is 4.82. The molecule has 0 aromatic carbocycles. The molecule has 2 unspecified atom stereocenters. The Kier molecular flexibility index (Phi) is 8.62. The second kappa shape index (κ2) is 9.70. The summed E-state index contributed by atoms with van der Waals surface area (Å²) in [7, 11) is 0. The van der Waals surface area contributed by atoms with Crippen molar-refractivity contribution in [1.29, 1.82) is 0 Å². The van der Waals surface area contributed by atoms with E-state index in [9.17, 15) is 5.11 Å². The molecule has 0 aromatic heterocycles. The van der Waals surface area contributed by atoms with Gasteiger partial charge in [0.15, 0.2) is 0 Å². The van der Waals surface area contributed by atoms with Gasteiger partial charge in [-0.25, -0.2) is 0 Å². The highest BCUT2D eigenvalue weighted by atomic mass is 16.5. The molecule has 114 valence electrons. The number of rotatable bonds is 10. The maximum Gasteiger partial charge on any atom is 0.0718 e. The Labute approximate surface area is 118 Å². The first-order valence-corrected chi connectivity index (χ1v) is 7.91. The minimum Gasteiger partial charge on any atom is -0.391 e. The van der Waals surface area contributed by atoms with E-state index in [1.54, 1.807) is 0 Å². The first kappa shape index (κ1) is 16.9. The molecule has 4 heteroatoms. The van der Waals surface area contributed by atoms with Gasteiger partial charge >= 0.3 is 0 Å². The lowest BCUT2D eigenvalue weighted by Gasteiger charge is -2.27. The fourth-order valence-electron chi connectivity index (χ4n) is 2.71. The van der Waals surface area contributed by atoms with Gasteiger partial charge in [-0.1, -0.05) is 20.8 Å². The van der Waals surface area contributed by atoms with Crippen LogP contribution in [-0.2, 0) is 4.74 Å². The quantitative estimate of drug-likeness (QED) is 0.653. The summed E-state index contributed by atoms with van der Waals surface area (Å²) in [6.45, 7) is 14.5. The van der Waals surface area contributed by atoms with Crippen molar-refractivity contribution >= 4 is 0 Å². The molecule has 0 aliphatic carbocycles. The van der Waals surface area contributed by atoms with E-state index in [1.807, 2.05) is 0 Å². The summed E-state index contributed by atoms with van der Waals surface area (Å²) in [5.41, 5.74) is 0. The highest BCUT2D eigenvalue weighted by molar-refractivity contribution is 4.76. The summed E-state index contributed by atoms with van der Waals surface area (Å²) in [5.74, 6) is 0.344. The lowest BCUT2D eigenvalue weighted by Crippen LogP contribution is -2.38. The lowest BCUT2D eigenvalue weighted by molar-refractivity contribution is 0.0562. The minimum absolute atomic E-state index is 0.226. The van der Waals surface area contributed by atoms with Crippen LogP contribution in [0.25, 0.3) is 0 Å². The number of likely N-dealkylation sites (N-methyl/N-ethyl adjacent to an activating group) is 1. The highest BCUT2D eigenvalue weighted by Crippen LogP contribution is 2.17. The molecule has 1 N–H and O–H groups in total. The van der Waals surface area contributed by atoms with E-state index in [0.29, 0.717) is 5.92 Å². The fraction of sp³-hybridized carbons (Fsp3) is 1.00. The second-order valence-electron chi connectivity index (χ2n) is 5.46. The van der Waals surface area contributed by atoms with E-state index in [0.717, 1.165) is 58.9 Å². The number of hydrogen-bond donors (Lipinski definition) is 1. The molecule has 0 amide bonds. The SMILES string of the molecule is CCN(CC)CCCN(CC)CC(O)C1CCOC1. The van der Waals surface area contributed by atoms with Crippen LogP contribution in [0.4, 0.5) is 0 Å². The van der Waals surface area contributed by atoms with Gasteiger partial charge in [0, 0.05) is 19.1 Å². The lowest BCUT2D eigenvalue weighted by atomic mass is 10.0. The highest BCUT2D eigenvalue weighted by Gasteiger charge is 2.25. The largest absolute Gasteiger partial charge is 0.391 e. The monoisotopic (exact) mass is 272 g/mol. The van der Waals surface area contributed by atoms with Crippen LogP contribution in [0.1, 0.15) is 33.6 Å². The van der Waals surface area contributed by atoms with Crippen molar-refractivity contribution in [3.63, 3.8) is 0 Å². The van der Waals surface area contributed by atoms with Gasteiger partial charge in [-0.2, -0.15) is 0 Å². The Morgan fingerprint density at radius 2 is 1.74 bits per heavy atom. The van der Waals surface area contributed by atoms with Crippen LogP contribution in [0.15, 0.2) is 0 Å². The molecule has 0 bridgehead atoms. The van der Waals surface area contributed by atoms with Crippen molar-refractivity contribution in [3.8, 4) is 0 Å². The Hall–Kier alpha value is -0.160. The van der Waals surface area contributed by atoms with E-state index in [4.69, 9.17) is 4.74 Å². The normalized spacial score (nSPS) is 21.5. The number of ether oxygens (including phenoxy) is 1. The van der Waals surface area contributed by atoms with Crippen molar-refractivity contribution in [2.75, 3.05) is 52.5 Å². The summed E-state index contributed by atoms with van der Waals surface area (Å²) in [6, 6.07) is 0. The molecular formula is C15H32N2O2. The first-order chi connectivity index (χ1) is 9.21. The molecule has 4 nitrogen and oxygen atoms in total. The third-order valence-corrected chi connectivity index (χ3v) is 4.24. The number of hydrogen-bond acceptors (Lipinski definition) is 4. The predicted octanol–water partition coefficient (Wildman–Crippen LogP) is 1.44. The van der Waals surface area contributed by atoms with Crippen LogP contribution < -0.4 is 0 Å². The molecular weight excluding hydrogens is 240 g/mol. The van der Waals surface area contributed by atoms with Crippen LogP contribution >= 0.6 is 0 Å². The van der Waals surface area contributed by atoms with Crippen LogP contribution in [0, 0.1) is 5.92 Å². The van der Waals surface area contributed by atoms with Gasteiger partial charge in [-0.15, -0.1) is 0 Å². The maximum absolute atomic E-state index is 10.2. The van der Waals surface area contributed by atoms with Crippen molar-refractivity contribution in [1.82, 2.24) is 9.80 Å². The third-order valence-electron chi connectivity index (χ3n) is 4.24. The van der Waals surface area contributed by atoms with Gasteiger partial charge < -0.3 is 19.6 Å². The summed E-state index contributed by atoms with van der Waals surface area (Å²) in [5, 5.41) is 10.2. The van der Waals surface area contributed by atoms with Crippen LogP contribution in [0.5, 0.6) is 0 Å². The molecule has 0 radical (unpaired) electrons. The average molecular weight is 272 g/mol. The molecule has 0 saturated carbocycles. The van der Waals surface area contributed by atoms with Crippen molar-refractivity contribution < 1.29 is 9.84 Å². The molecule has 19 heavy (non-hydrogen) atoms. The molecule has 0 aromatic rings. The number of nitrogens with zero attached hydrogens (tertiary/aromatic N) is 2. The zero-order valence-electron chi connectivity index (χ0n) is 13.0. The second-order valence-corrected chi connectivity index (χ2v) is 5.46. The van der Waals surface area contributed by atoms with Gasteiger partial charge in [0.2, 0.25) is 0 Å². The van der Waals surface area contributed by atoms with Gasteiger partial charge in [-0.05, 0) is 45.6 Å². The Morgan fingerprint density at radius 1 is 1.11 bits per heavy atom. The average Bonchev–Trinajstić information content (AvgIpc) is 2.96. The Morgan fingerprint density at radius 3 is 2.26 bits per heavy atom. The minimum atomic E-state index is -0.226. The van der Waals surface area contributed by atoms with E-state index in [1.165, 1.54) is 6.42 Å². The van der Waals surface area contributed by atoms with Gasteiger partial charge in [0.1, 0.15) is 0 Å². The summed E-state index contributed by atoms with van der Waals surface area (Å²) < 4.78 is 5.35. The molecule has 1 rings (SSSR count). The van der Waals surface area contributed by atoms with Crippen LogP contribution in [-0.4, -0.2) is 73.5 Å². The molecule has 0 spiro atoms. The zero-order chi connectivity index (χ0) is 14.1. The molecule has 2 atom stereocenters. The summed E-state index contributed by atoms with van der Waals surface area (Å²) in [6.07, 6.45) is 1.97. The molecule has 1 aliphatic rings. The molecule has 1 heterocycles. The van der Waals surface area contributed by atoms with Gasteiger partial charge in [0.05, 0.1) is 12.7 Å². The van der Waals surface area contributed by atoms with Crippen LogP contribution in [0.2, 0.25) is 0 Å². The van der Waals surface area contributed by atoms with E-state index in [-0.39, 0.29) is 6.10 Å². The topological polar surface area (TPSA) is 35.9 Å². The van der Waals surface area contributed by atoms with Gasteiger partial charge in [-0.3, -0.25) is 0 Å². The predicted molar refractivity (Wildman–Crippen MR) is 79.5 cm³/mol. The van der Waals surface area contributed by atoms with Crippen molar-refractivity contribution in [2.45, 2.75) is 39.7 Å². The maximum atomic E-state index is 10.2. The first-order valence-electron chi connectivity index (χ1n) is 7.91. The van der Waals surface area contributed by atoms with Crippen LogP contribution in [0.3, 0.4) is 0 Å². The summed E-state index contributed by atoms with van der Waals surface area (Å²) >= 11 is 0. The van der Waals surface area contributed by atoms with Crippen molar-refractivity contribution in [2.24, 2.45) is 5.92 Å². The van der Waals surface area contributed by atoms with Gasteiger partial charge in [0.25, 0.3) is 0 Å². The van der Waals surface area contributed by atoms with E-state index in [2.05, 4.69) is 30.6 Å². The Balaban J connectivity index is 2.20. The standard InChI is InChI=1S/C15H32N2O2/c1-4-16(5-2)9-7-10-17(6-3)12-15(18)14-8-11-19-13-14/h14-15,18H,4-13H2,1-3H3. The zero-order valence-corrected chi connectivity index (χ0v) is 13.0. The number of aliphatic hydroxyl groups excluding tert-OH is 1. The fourth-order valence-corrected chi connectivity index (χ4v) is 2.71.